The molecule has 0 aromatic heterocycles. The molecule has 37 heavy (non-hydrogen) atoms. The minimum absolute atomic E-state index is 0.351. The van der Waals surface area contributed by atoms with E-state index in [1.807, 2.05) is 97.9 Å². The van der Waals surface area contributed by atoms with E-state index in [2.05, 4.69) is 25.4 Å². The van der Waals surface area contributed by atoms with Gasteiger partial charge in [0.1, 0.15) is 12.1 Å². The van der Waals surface area contributed by atoms with E-state index in [0.717, 1.165) is 21.9 Å². The van der Waals surface area contributed by atoms with E-state index >= 15 is 0 Å². The van der Waals surface area contributed by atoms with Gasteiger partial charge < -0.3 is 14.6 Å². The van der Waals surface area contributed by atoms with Crippen molar-refractivity contribution in [2.24, 2.45) is 0 Å². The van der Waals surface area contributed by atoms with E-state index in [0.29, 0.717) is 6.61 Å². The predicted molar refractivity (Wildman–Crippen MR) is 148 cm³/mol. The van der Waals surface area contributed by atoms with Gasteiger partial charge in [-0.3, -0.25) is 4.90 Å². The average molecular weight is 514 g/mol. The van der Waals surface area contributed by atoms with Crippen LogP contribution in [0.15, 0.2) is 108 Å². The number of aliphatic hydroxyl groups excluding tert-OH is 1. The second-order valence-electron chi connectivity index (χ2n) is 10.4. The second-order valence-corrected chi connectivity index (χ2v) is 15.4. The number of benzene rings is 3. The quantitative estimate of drug-likeness (QED) is 0.252. The Morgan fingerprint density at radius 3 is 2.08 bits per heavy atom. The summed E-state index contributed by atoms with van der Waals surface area (Å²) in [5, 5.41) is 12.1. The minimum Gasteiger partial charge on any atom is -0.438 e. The molecule has 0 bridgehead atoms. The van der Waals surface area contributed by atoms with Crippen molar-refractivity contribution in [3.8, 4) is 0 Å². The van der Waals surface area contributed by atoms with Crippen LogP contribution in [0, 0.1) is 0 Å². The summed E-state index contributed by atoms with van der Waals surface area (Å²) in [4.78, 5) is 14.7. The van der Waals surface area contributed by atoms with Crippen LogP contribution in [0.4, 0.5) is 4.79 Å². The van der Waals surface area contributed by atoms with Gasteiger partial charge in [0, 0.05) is 0 Å². The lowest BCUT2D eigenvalue weighted by atomic mass is 9.96. The molecule has 4 rings (SSSR count). The van der Waals surface area contributed by atoms with Crippen LogP contribution in [0.25, 0.3) is 0 Å². The van der Waals surface area contributed by atoms with Crippen LogP contribution in [0.3, 0.4) is 0 Å². The Hall–Kier alpha value is -3.41. The summed E-state index contributed by atoms with van der Waals surface area (Å²) in [5.41, 5.74) is 6.28. The Bertz CT molecular complexity index is 1230. The average Bonchev–Trinajstić information content (AvgIpc) is 3.24. The first-order valence-electron chi connectivity index (χ1n) is 12.7. The first-order chi connectivity index (χ1) is 17.8. The number of rotatable bonds is 9. The van der Waals surface area contributed by atoms with Gasteiger partial charge >= 0.3 is 6.09 Å². The molecule has 0 aliphatic carbocycles. The van der Waals surface area contributed by atoms with Crippen molar-refractivity contribution in [2.45, 2.75) is 57.5 Å². The molecule has 6 heteroatoms. The topological polar surface area (TPSA) is 59.0 Å². The van der Waals surface area contributed by atoms with Gasteiger partial charge in [-0.1, -0.05) is 111 Å². The molecule has 1 saturated heterocycles. The number of aliphatic hydroxyl groups is 1. The fourth-order valence-corrected chi connectivity index (χ4v) is 6.14. The van der Waals surface area contributed by atoms with Crippen LogP contribution >= 0.6 is 0 Å². The molecule has 1 aliphatic rings. The fourth-order valence-electron chi connectivity index (χ4n) is 4.52. The van der Waals surface area contributed by atoms with Crippen LogP contribution in [0.5, 0.6) is 0 Å². The van der Waals surface area contributed by atoms with Crippen molar-refractivity contribution >= 4 is 14.2 Å². The maximum absolute atomic E-state index is 13.1. The smallest absolute Gasteiger partial charge is 0.415 e. The summed E-state index contributed by atoms with van der Waals surface area (Å²) < 4.78 is 11.9. The molecule has 1 heterocycles. The molecule has 0 spiro atoms. The van der Waals surface area contributed by atoms with Crippen molar-refractivity contribution in [1.29, 1.82) is 0 Å². The van der Waals surface area contributed by atoms with E-state index in [9.17, 15) is 9.90 Å². The molecule has 0 saturated carbocycles. The standard InChI is InChI=1S/C31H35NO4Si/c1-23(35-22-24-14-8-5-9-15-24)29(33)27(37(2,3)4)20-21-32-28(25-16-10-6-11-17-25)30(36-31(32)34)26-18-12-7-13-19-26/h5-19,21,23,28-30,33H,22H2,1-4H3/t20?,23-,28-,29-,30+/m0/s1. The summed E-state index contributed by atoms with van der Waals surface area (Å²) in [7, 11) is -2.03. The SMILES string of the molecule is C[C@H](OCc1ccccc1)[C@H](O)C(=C=CN1C(=O)O[C@H](c2ccccc2)[C@@H]1c1ccccc1)[Si](C)(C)C. The molecule has 192 valence electrons. The molecular formula is C31H35NO4Si. The van der Waals surface area contributed by atoms with Crippen LogP contribution in [-0.4, -0.2) is 36.4 Å². The number of carbonyl (C=O) groups is 1. The molecule has 1 aliphatic heterocycles. The van der Waals surface area contributed by atoms with E-state index in [1.165, 1.54) is 0 Å². The number of ether oxygens (including phenoxy) is 2. The normalized spacial score (nSPS) is 19.1. The summed E-state index contributed by atoms with van der Waals surface area (Å²) in [5.74, 6) is 0. The van der Waals surface area contributed by atoms with Gasteiger partial charge in [0.05, 0.1) is 27.0 Å². The summed E-state index contributed by atoms with van der Waals surface area (Å²) in [6.45, 7) is 8.74. The third-order valence-electron chi connectivity index (χ3n) is 6.56. The Labute approximate surface area is 220 Å². The molecule has 3 aromatic rings. The first kappa shape index (κ1) is 26.6. The predicted octanol–water partition coefficient (Wildman–Crippen LogP) is 6.80. The van der Waals surface area contributed by atoms with E-state index < -0.39 is 32.5 Å². The lowest BCUT2D eigenvalue weighted by molar-refractivity contribution is -0.0174. The van der Waals surface area contributed by atoms with Crippen molar-refractivity contribution in [2.75, 3.05) is 0 Å². The number of cyclic esters (lactones) is 1. The number of amides is 1. The van der Waals surface area contributed by atoms with Gasteiger partial charge in [-0.05, 0) is 28.8 Å². The third-order valence-corrected chi connectivity index (χ3v) is 8.61. The lowest BCUT2D eigenvalue weighted by Crippen LogP contribution is -2.38. The molecule has 5 nitrogen and oxygen atoms in total. The van der Waals surface area contributed by atoms with Crippen LogP contribution < -0.4 is 0 Å². The summed E-state index contributed by atoms with van der Waals surface area (Å²) in [6.07, 6.45) is -0.514. The van der Waals surface area contributed by atoms with Crippen LogP contribution in [-0.2, 0) is 16.1 Å². The summed E-state index contributed by atoms with van der Waals surface area (Å²) >= 11 is 0. The number of hydrogen-bond acceptors (Lipinski definition) is 4. The Kier molecular flexibility index (Phi) is 8.47. The van der Waals surface area contributed by atoms with Gasteiger partial charge in [0.2, 0.25) is 0 Å². The van der Waals surface area contributed by atoms with Crippen LogP contribution in [0.2, 0.25) is 19.6 Å². The van der Waals surface area contributed by atoms with E-state index in [-0.39, 0.29) is 6.04 Å². The highest BCUT2D eigenvalue weighted by atomic mass is 28.3. The molecular weight excluding hydrogens is 478 g/mol. The monoisotopic (exact) mass is 513 g/mol. The van der Waals surface area contributed by atoms with Gasteiger partial charge in [-0.15, -0.1) is 5.73 Å². The molecule has 3 aromatic carbocycles. The van der Waals surface area contributed by atoms with Crippen molar-refractivity contribution < 1.29 is 19.4 Å². The fraction of sp³-hybridized carbons (Fsp3) is 0.290. The van der Waals surface area contributed by atoms with Crippen molar-refractivity contribution in [1.82, 2.24) is 4.90 Å². The Balaban J connectivity index is 1.65. The van der Waals surface area contributed by atoms with Crippen molar-refractivity contribution in [3.05, 3.63) is 125 Å². The highest BCUT2D eigenvalue weighted by Gasteiger charge is 2.43. The lowest BCUT2D eigenvalue weighted by Gasteiger charge is -2.28. The zero-order valence-electron chi connectivity index (χ0n) is 21.9. The highest BCUT2D eigenvalue weighted by Crippen LogP contribution is 2.43. The molecule has 1 amide bonds. The number of carbonyl (C=O) groups excluding carboxylic acids is 1. The molecule has 0 unspecified atom stereocenters. The first-order valence-corrected chi connectivity index (χ1v) is 16.2. The molecule has 1 fully saturated rings. The minimum atomic E-state index is -2.03. The maximum Gasteiger partial charge on any atom is 0.415 e. The maximum atomic E-state index is 13.1. The van der Waals surface area contributed by atoms with Gasteiger partial charge in [0.25, 0.3) is 0 Å². The van der Waals surface area contributed by atoms with Crippen LogP contribution in [0.1, 0.15) is 35.8 Å². The Morgan fingerprint density at radius 2 is 1.51 bits per heavy atom. The molecule has 4 atom stereocenters. The van der Waals surface area contributed by atoms with E-state index in [4.69, 9.17) is 9.47 Å². The largest absolute Gasteiger partial charge is 0.438 e. The zero-order chi connectivity index (χ0) is 26.4. The van der Waals surface area contributed by atoms with Gasteiger partial charge in [-0.2, -0.15) is 0 Å². The van der Waals surface area contributed by atoms with E-state index in [1.54, 1.807) is 11.1 Å². The second kappa shape index (κ2) is 11.8. The zero-order valence-corrected chi connectivity index (χ0v) is 22.9. The summed E-state index contributed by atoms with van der Waals surface area (Å²) in [6, 6.07) is 29.2. The third kappa shape index (κ3) is 6.48. The molecule has 1 N–H and O–H groups in total. The van der Waals surface area contributed by atoms with Gasteiger partial charge in [-0.25, -0.2) is 4.79 Å². The highest BCUT2D eigenvalue weighted by molar-refractivity contribution is 6.83. The number of hydrogen-bond donors (Lipinski definition) is 1. The molecule has 0 radical (unpaired) electrons. The van der Waals surface area contributed by atoms with Crippen molar-refractivity contribution in [3.63, 3.8) is 0 Å². The number of nitrogens with zero attached hydrogens (tertiary/aromatic N) is 1. The Morgan fingerprint density at radius 1 is 0.973 bits per heavy atom. The van der Waals surface area contributed by atoms with Gasteiger partial charge in [0.15, 0.2) is 6.10 Å².